The topological polar surface area (TPSA) is 58.4 Å². The highest BCUT2D eigenvalue weighted by Crippen LogP contribution is 2.28. The molecule has 1 aromatic carbocycles. The molecular weight excluding hydrogens is 214 g/mol. The Kier molecular flexibility index (Phi) is 3.07. The molecule has 1 atom stereocenters. The summed E-state index contributed by atoms with van der Waals surface area (Å²) in [6.45, 7) is 3.40. The minimum absolute atomic E-state index is 0.315. The number of carbonyl (C=O) groups excluding carboxylic acids is 1. The third-order valence-corrected chi connectivity index (χ3v) is 3.59. The summed E-state index contributed by atoms with van der Waals surface area (Å²) in [7, 11) is 1.77. The summed E-state index contributed by atoms with van der Waals surface area (Å²) >= 11 is 0. The Hall–Kier alpha value is -1.55. The van der Waals surface area contributed by atoms with Crippen molar-refractivity contribution in [2.24, 2.45) is 5.73 Å². The van der Waals surface area contributed by atoms with Crippen molar-refractivity contribution in [3.05, 3.63) is 29.8 Å². The Morgan fingerprint density at radius 3 is 2.88 bits per heavy atom. The van der Waals surface area contributed by atoms with Crippen LogP contribution in [-0.2, 0) is 11.2 Å². The quantitative estimate of drug-likeness (QED) is 0.797. The van der Waals surface area contributed by atoms with Crippen molar-refractivity contribution in [1.82, 2.24) is 5.32 Å². The van der Waals surface area contributed by atoms with E-state index in [0.29, 0.717) is 6.54 Å². The van der Waals surface area contributed by atoms with E-state index in [1.165, 1.54) is 11.3 Å². The minimum Gasteiger partial charge on any atom is -0.369 e. The molecule has 1 heterocycles. The molecule has 1 unspecified atom stereocenters. The first-order valence-electron chi connectivity index (χ1n) is 5.88. The van der Waals surface area contributed by atoms with Crippen LogP contribution in [0.2, 0.25) is 0 Å². The molecule has 0 spiro atoms. The van der Waals surface area contributed by atoms with Crippen molar-refractivity contribution in [3.63, 3.8) is 0 Å². The van der Waals surface area contributed by atoms with E-state index in [1.807, 2.05) is 19.1 Å². The Bertz CT molecular complexity index is 432. The van der Waals surface area contributed by atoms with Crippen molar-refractivity contribution in [3.8, 4) is 0 Å². The molecule has 3 N–H and O–H groups in total. The zero-order valence-electron chi connectivity index (χ0n) is 10.4. The number of carbonyl (C=O) groups is 1. The monoisotopic (exact) mass is 233 g/mol. The van der Waals surface area contributed by atoms with Gasteiger partial charge < -0.3 is 16.0 Å². The van der Waals surface area contributed by atoms with Crippen molar-refractivity contribution < 1.29 is 4.79 Å². The fraction of sp³-hybridized carbons (Fsp3) is 0.462. The van der Waals surface area contributed by atoms with E-state index in [0.717, 1.165) is 13.0 Å². The number of nitrogens with two attached hydrogens (primary N) is 1. The number of hydrogen-bond donors (Lipinski definition) is 2. The first-order chi connectivity index (χ1) is 8.07. The number of amides is 1. The highest BCUT2D eigenvalue weighted by atomic mass is 16.1. The van der Waals surface area contributed by atoms with E-state index >= 15 is 0 Å². The van der Waals surface area contributed by atoms with E-state index in [1.54, 1.807) is 7.05 Å². The standard InChI is InChI=1S/C13H19N3O/c1-13(15-2,12(14)17)9-16-8-7-10-5-3-4-6-11(10)16/h3-6,15H,7-9H2,1-2H3,(H2,14,17). The SMILES string of the molecule is CNC(C)(CN1CCc2ccccc21)C(N)=O. The van der Waals surface area contributed by atoms with E-state index in [4.69, 9.17) is 5.73 Å². The normalized spacial score (nSPS) is 17.6. The Balaban J connectivity index is 2.19. The molecule has 0 saturated heterocycles. The summed E-state index contributed by atoms with van der Waals surface area (Å²) in [5.74, 6) is -0.315. The predicted octanol–water partition coefficient (Wildman–Crippen LogP) is 0.512. The lowest BCUT2D eigenvalue weighted by atomic mass is 10.0. The molecule has 0 aliphatic carbocycles. The first-order valence-corrected chi connectivity index (χ1v) is 5.88. The van der Waals surface area contributed by atoms with Crippen LogP contribution in [0.15, 0.2) is 24.3 Å². The molecule has 1 aliphatic rings. The van der Waals surface area contributed by atoms with Crippen LogP contribution in [0, 0.1) is 0 Å². The summed E-state index contributed by atoms with van der Waals surface area (Å²) in [4.78, 5) is 13.7. The van der Waals surface area contributed by atoms with Crippen LogP contribution < -0.4 is 16.0 Å². The second-order valence-corrected chi connectivity index (χ2v) is 4.75. The van der Waals surface area contributed by atoms with Gasteiger partial charge in [-0.05, 0) is 32.0 Å². The van der Waals surface area contributed by atoms with Gasteiger partial charge in [0.1, 0.15) is 5.54 Å². The van der Waals surface area contributed by atoms with Gasteiger partial charge in [0.15, 0.2) is 0 Å². The fourth-order valence-corrected chi connectivity index (χ4v) is 2.23. The zero-order valence-corrected chi connectivity index (χ0v) is 10.4. The Morgan fingerprint density at radius 2 is 2.24 bits per heavy atom. The van der Waals surface area contributed by atoms with E-state index in [2.05, 4.69) is 22.3 Å². The second kappa shape index (κ2) is 4.37. The van der Waals surface area contributed by atoms with Crippen LogP contribution in [0.5, 0.6) is 0 Å². The van der Waals surface area contributed by atoms with Crippen molar-refractivity contribution in [2.75, 3.05) is 25.0 Å². The Labute approximate surface area is 102 Å². The van der Waals surface area contributed by atoms with Gasteiger partial charge in [-0.1, -0.05) is 18.2 Å². The minimum atomic E-state index is -0.683. The first kappa shape index (κ1) is 11.9. The molecule has 4 nitrogen and oxygen atoms in total. The summed E-state index contributed by atoms with van der Waals surface area (Å²) in [6.07, 6.45) is 1.04. The molecule has 0 radical (unpaired) electrons. The Morgan fingerprint density at radius 1 is 1.53 bits per heavy atom. The van der Waals surface area contributed by atoms with Crippen molar-refractivity contribution in [2.45, 2.75) is 18.9 Å². The number of hydrogen-bond acceptors (Lipinski definition) is 3. The van der Waals surface area contributed by atoms with Crippen LogP contribution in [0.1, 0.15) is 12.5 Å². The largest absolute Gasteiger partial charge is 0.369 e. The lowest BCUT2D eigenvalue weighted by molar-refractivity contribution is -0.123. The highest BCUT2D eigenvalue weighted by Gasteiger charge is 2.33. The molecule has 17 heavy (non-hydrogen) atoms. The smallest absolute Gasteiger partial charge is 0.239 e. The zero-order chi connectivity index (χ0) is 12.5. The van der Waals surface area contributed by atoms with Crippen molar-refractivity contribution >= 4 is 11.6 Å². The van der Waals surface area contributed by atoms with Gasteiger partial charge in [-0.25, -0.2) is 0 Å². The molecule has 2 rings (SSSR count). The van der Waals surface area contributed by atoms with Crippen LogP contribution in [0.4, 0.5) is 5.69 Å². The van der Waals surface area contributed by atoms with Gasteiger partial charge in [-0.3, -0.25) is 4.79 Å². The molecule has 0 aromatic heterocycles. The maximum atomic E-state index is 11.5. The molecule has 0 saturated carbocycles. The van der Waals surface area contributed by atoms with Gasteiger partial charge in [0.05, 0.1) is 0 Å². The molecule has 0 fully saturated rings. The number of anilines is 1. The lowest BCUT2D eigenvalue weighted by Crippen LogP contribution is -2.58. The number of primary amides is 1. The number of fused-ring (bicyclic) bond motifs is 1. The number of para-hydroxylation sites is 1. The van der Waals surface area contributed by atoms with Gasteiger partial charge in [0.2, 0.25) is 5.91 Å². The number of benzene rings is 1. The maximum absolute atomic E-state index is 11.5. The maximum Gasteiger partial charge on any atom is 0.239 e. The molecule has 0 bridgehead atoms. The van der Waals surface area contributed by atoms with E-state index < -0.39 is 5.54 Å². The predicted molar refractivity (Wildman–Crippen MR) is 69.0 cm³/mol. The number of rotatable bonds is 4. The summed E-state index contributed by atoms with van der Waals surface area (Å²) in [6, 6.07) is 8.31. The van der Waals surface area contributed by atoms with E-state index in [9.17, 15) is 4.79 Å². The average Bonchev–Trinajstić information content (AvgIpc) is 2.72. The third-order valence-electron chi connectivity index (χ3n) is 3.59. The molecule has 4 heteroatoms. The average molecular weight is 233 g/mol. The van der Waals surface area contributed by atoms with Crippen LogP contribution in [0.25, 0.3) is 0 Å². The van der Waals surface area contributed by atoms with Gasteiger partial charge in [0, 0.05) is 18.8 Å². The summed E-state index contributed by atoms with van der Waals surface area (Å²) in [5, 5.41) is 3.02. The van der Waals surface area contributed by atoms with Crippen LogP contribution in [0.3, 0.4) is 0 Å². The number of likely N-dealkylation sites (N-methyl/N-ethyl adjacent to an activating group) is 1. The molecule has 92 valence electrons. The summed E-state index contributed by atoms with van der Waals surface area (Å²) < 4.78 is 0. The van der Waals surface area contributed by atoms with Crippen LogP contribution in [-0.4, -0.2) is 31.6 Å². The number of nitrogens with one attached hydrogen (secondary N) is 1. The second-order valence-electron chi connectivity index (χ2n) is 4.75. The fourth-order valence-electron chi connectivity index (χ4n) is 2.23. The van der Waals surface area contributed by atoms with E-state index in [-0.39, 0.29) is 5.91 Å². The molecule has 1 aromatic rings. The van der Waals surface area contributed by atoms with Gasteiger partial charge >= 0.3 is 0 Å². The van der Waals surface area contributed by atoms with Crippen LogP contribution >= 0.6 is 0 Å². The lowest BCUT2D eigenvalue weighted by Gasteiger charge is -2.32. The summed E-state index contributed by atoms with van der Waals surface area (Å²) in [5.41, 5.74) is 7.33. The van der Waals surface area contributed by atoms with Gasteiger partial charge in [0.25, 0.3) is 0 Å². The van der Waals surface area contributed by atoms with Crippen molar-refractivity contribution in [1.29, 1.82) is 0 Å². The molecular formula is C13H19N3O. The van der Waals surface area contributed by atoms with Gasteiger partial charge in [-0.15, -0.1) is 0 Å². The molecule has 1 aliphatic heterocycles. The number of nitrogens with zero attached hydrogens (tertiary/aromatic N) is 1. The van der Waals surface area contributed by atoms with Gasteiger partial charge in [-0.2, -0.15) is 0 Å². The third kappa shape index (κ3) is 2.13. The molecule has 1 amide bonds. The highest BCUT2D eigenvalue weighted by molar-refractivity contribution is 5.85.